The van der Waals surface area contributed by atoms with Crippen LogP contribution in [-0.4, -0.2) is 29.1 Å². The Kier molecular flexibility index (Phi) is 3.93. The van der Waals surface area contributed by atoms with Gasteiger partial charge in [-0.3, -0.25) is 14.6 Å². The highest BCUT2D eigenvalue weighted by Crippen LogP contribution is 2.03. The van der Waals surface area contributed by atoms with Crippen LogP contribution in [0.4, 0.5) is 0 Å². The summed E-state index contributed by atoms with van der Waals surface area (Å²) in [5, 5.41) is 14.7. The van der Waals surface area contributed by atoms with E-state index < -0.39 is 11.5 Å². The van der Waals surface area contributed by atoms with Crippen LogP contribution in [0.15, 0.2) is 22.0 Å². The van der Waals surface area contributed by atoms with Crippen molar-refractivity contribution in [3.63, 3.8) is 0 Å². The molecule has 1 amide bonds. The zero-order chi connectivity index (χ0) is 12.0. The van der Waals surface area contributed by atoms with Gasteiger partial charge in [0.25, 0.3) is 11.5 Å². The zero-order valence-electron chi connectivity index (χ0n) is 8.17. The minimum atomic E-state index is -0.569. The van der Waals surface area contributed by atoms with Crippen LogP contribution >= 0.6 is 0 Å². The molecule has 1 aromatic rings. The summed E-state index contributed by atoms with van der Waals surface area (Å²) in [6, 6.07) is 2.19. The molecule has 84 valence electrons. The first-order valence-electron chi connectivity index (χ1n) is 4.36. The predicted molar refractivity (Wildman–Crippen MR) is 55.1 cm³/mol. The molecule has 16 heavy (non-hydrogen) atoms. The quantitative estimate of drug-likeness (QED) is 0.290. The number of amides is 1. The zero-order valence-corrected chi connectivity index (χ0v) is 8.17. The van der Waals surface area contributed by atoms with Crippen molar-refractivity contribution in [2.24, 2.45) is 5.11 Å². The summed E-state index contributed by atoms with van der Waals surface area (Å²) < 4.78 is 0. The largest absolute Gasteiger partial charge is 0.494 e. The number of nitrogens with zero attached hydrogens (tertiary/aromatic N) is 3. The summed E-state index contributed by atoms with van der Waals surface area (Å²) in [6.07, 6.45) is 0. The van der Waals surface area contributed by atoms with Gasteiger partial charge < -0.3 is 10.4 Å². The van der Waals surface area contributed by atoms with Crippen molar-refractivity contribution in [1.82, 2.24) is 10.3 Å². The summed E-state index contributed by atoms with van der Waals surface area (Å²) in [4.78, 5) is 26.9. The third-order valence-electron chi connectivity index (χ3n) is 1.65. The molecule has 0 spiro atoms. The number of hydrogen-bond acceptors (Lipinski definition) is 4. The van der Waals surface area contributed by atoms with Gasteiger partial charge >= 0.3 is 0 Å². The molecule has 0 aliphatic carbocycles. The van der Waals surface area contributed by atoms with E-state index in [1.807, 2.05) is 0 Å². The molecule has 8 nitrogen and oxygen atoms in total. The number of rotatable bonds is 4. The summed E-state index contributed by atoms with van der Waals surface area (Å²) >= 11 is 0. The number of H-pyrrole nitrogens is 1. The Hall–Kier alpha value is -2.47. The Morgan fingerprint density at radius 2 is 2.38 bits per heavy atom. The molecule has 0 unspecified atom stereocenters. The molecule has 0 saturated carbocycles. The van der Waals surface area contributed by atoms with Crippen LogP contribution in [0, 0.1) is 0 Å². The number of aromatic hydroxyl groups is 1. The van der Waals surface area contributed by atoms with Crippen molar-refractivity contribution in [2.45, 2.75) is 0 Å². The van der Waals surface area contributed by atoms with Crippen molar-refractivity contribution in [3.05, 3.63) is 38.5 Å². The van der Waals surface area contributed by atoms with Crippen molar-refractivity contribution in [2.75, 3.05) is 13.1 Å². The van der Waals surface area contributed by atoms with Gasteiger partial charge in [0.05, 0.1) is 5.56 Å². The van der Waals surface area contributed by atoms with Gasteiger partial charge in [-0.05, 0) is 5.53 Å². The minimum Gasteiger partial charge on any atom is -0.494 e. The van der Waals surface area contributed by atoms with E-state index in [0.29, 0.717) is 0 Å². The van der Waals surface area contributed by atoms with Crippen LogP contribution in [0.25, 0.3) is 10.4 Å². The van der Waals surface area contributed by atoms with E-state index >= 15 is 0 Å². The van der Waals surface area contributed by atoms with Gasteiger partial charge in [-0.2, -0.15) is 0 Å². The van der Waals surface area contributed by atoms with Gasteiger partial charge in [0.15, 0.2) is 5.88 Å². The third kappa shape index (κ3) is 3.35. The number of aromatic nitrogens is 1. The van der Waals surface area contributed by atoms with Crippen LogP contribution in [0.5, 0.6) is 5.88 Å². The average Bonchev–Trinajstić information content (AvgIpc) is 2.22. The second-order valence-electron chi connectivity index (χ2n) is 2.83. The first-order chi connectivity index (χ1) is 7.63. The lowest BCUT2D eigenvalue weighted by Gasteiger charge is -2.02. The lowest BCUT2D eigenvalue weighted by molar-refractivity contribution is 0.0954. The molecule has 0 bridgehead atoms. The normalized spacial score (nSPS) is 9.25. The van der Waals surface area contributed by atoms with Gasteiger partial charge in [0.1, 0.15) is 0 Å². The molecule has 0 aromatic carbocycles. The Morgan fingerprint density at radius 1 is 1.62 bits per heavy atom. The molecule has 1 heterocycles. The average molecular weight is 223 g/mol. The number of carbonyl (C=O) groups is 1. The van der Waals surface area contributed by atoms with E-state index in [4.69, 9.17) is 10.6 Å². The lowest BCUT2D eigenvalue weighted by atomic mass is 10.2. The second-order valence-corrected chi connectivity index (χ2v) is 2.83. The fourth-order valence-electron chi connectivity index (χ4n) is 1.03. The van der Waals surface area contributed by atoms with Crippen LogP contribution < -0.4 is 10.9 Å². The van der Waals surface area contributed by atoms with E-state index in [1.165, 1.54) is 0 Å². The van der Waals surface area contributed by atoms with Crippen LogP contribution in [-0.2, 0) is 0 Å². The molecule has 8 heteroatoms. The Bertz CT molecular complexity index is 489. The number of azide groups is 1. The summed E-state index contributed by atoms with van der Waals surface area (Å²) in [5.74, 6) is -0.901. The number of pyridine rings is 1. The topological polar surface area (TPSA) is 131 Å². The van der Waals surface area contributed by atoms with Crippen LogP contribution in [0.3, 0.4) is 0 Å². The van der Waals surface area contributed by atoms with E-state index in [1.54, 1.807) is 0 Å². The van der Waals surface area contributed by atoms with Gasteiger partial charge in [-0.25, -0.2) is 0 Å². The molecule has 0 saturated heterocycles. The highest BCUT2D eigenvalue weighted by molar-refractivity contribution is 5.94. The lowest BCUT2D eigenvalue weighted by Crippen LogP contribution is -2.27. The number of aromatic amines is 1. The molecular formula is C8H9N5O3. The molecule has 3 N–H and O–H groups in total. The molecule has 1 rings (SSSR count). The molecule has 0 radical (unpaired) electrons. The second kappa shape index (κ2) is 5.42. The highest BCUT2D eigenvalue weighted by atomic mass is 16.3. The van der Waals surface area contributed by atoms with E-state index in [2.05, 4.69) is 20.3 Å². The molecule has 0 fully saturated rings. The number of carbonyl (C=O) groups excluding carboxylic acids is 1. The maximum absolute atomic E-state index is 11.4. The van der Waals surface area contributed by atoms with Gasteiger partial charge in [-0.1, -0.05) is 5.11 Å². The maximum Gasteiger partial charge on any atom is 0.251 e. The van der Waals surface area contributed by atoms with Crippen molar-refractivity contribution < 1.29 is 9.90 Å². The fourth-order valence-corrected chi connectivity index (χ4v) is 1.03. The van der Waals surface area contributed by atoms with Crippen molar-refractivity contribution in [3.8, 4) is 5.88 Å². The molecule has 0 atom stereocenters. The third-order valence-corrected chi connectivity index (χ3v) is 1.65. The molecule has 0 aliphatic rings. The standard InChI is InChI=1S/C8H9N5O3/c9-13-11-2-1-10-8(16)5-3-6(14)12-7(15)4-5/h3-4H,1-2H2,(H,10,16)(H2,12,14,15). The van der Waals surface area contributed by atoms with E-state index in [9.17, 15) is 9.59 Å². The van der Waals surface area contributed by atoms with E-state index in [0.717, 1.165) is 12.1 Å². The molecular weight excluding hydrogens is 214 g/mol. The monoisotopic (exact) mass is 223 g/mol. The van der Waals surface area contributed by atoms with Gasteiger partial charge in [0.2, 0.25) is 0 Å². The predicted octanol–water partition coefficient (Wildman–Crippen LogP) is 0.121. The summed E-state index contributed by atoms with van der Waals surface area (Å²) in [7, 11) is 0. The van der Waals surface area contributed by atoms with Crippen LogP contribution in [0.1, 0.15) is 10.4 Å². The van der Waals surface area contributed by atoms with E-state index in [-0.39, 0.29) is 24.5 Å². The number of nitrogens with one attached hydrogen (secondary N) is 2. The van der Waals surface area contributed by atoms with Crippen molar-refractivity contribution >= 4 is 5.91 Å². The first kappa shape index (κ1) is 11.6. The fraction of sp³-hybridized carbons (Fsp3) is 0.250. The van der Waals surface area contributed by atoms with Gasteiger partial charge in [0, 0.05) is 30.1 Å². The Morgan fingerprint density at radius 3 is 3.00 bits per heavy atom. The highest BCUT2D eigenvalue weighted by Gasteiger charge is 2.06. The Labute approximate surface area is 89.5 Å². The maximum atomic E-state index is 11.4. The van der Waals surface area contributed by atoms with Crippen LogP contribution in [0.2, 0.25) is 0 Å². The summed E-state index contributed by atoms with van der Waals surface area (Å²) in [5.41, 5.74) is 7.46. The van der Waals surface area contributed by atoms with Gasteiger partial charge in [-0.15, -0.1) is 0 Å². The molecule has 1 aromatic heterocycles. The SMILES string of the molecule is [N-]=[N+]=NCCNC(=O)c1cc(O)[nH]c(=O)c1. The minimum absolute atomic E-state index is 0.0437. The summed E-state index contributed by atoms with van der Waals surface area (Å²) in [6.45, 7) is 0.286. The smallest absolute Gasteiger partial charge is 0.251 e. The Balaban J connectivity index is 2.66. The number of hydrogen-bond donors (Lipinski definition) is 3. The molecule has 0 aliphatic heterocycles. The van der Waals surface area contributed by atoms with Crippen molar-refractivity contribution in [1.29, 1.82) is 0 Å². The first-order valence-corrected chi connectivity index (χ1v) is 4.36.